The highest BCUT2D eigenvalue weighted by Crippen LogP contribution is 2.18. The van der Waals surface area contributed by atoms with Crippen molar-refractivity contribution in [2.24, 2.45) is 0 Å². The SMILES string of the molecule is O=[P+](c1ccccc1)c1ccccc1.c1ccncc1. The predicted octanol–water partition coefficient (Wildman–Crippen LogP) is 3.55. The fourth-order valence-electron chi connectivity index (χ4n) is 1.59. The Morgan fingerprint density at radius 3 is 1.30 bits per heavy atom. The van der Waals surface area contributed by atoms with Gasteiger partial charge in [0.25, 0.3) is 0 Å². The first-order valence-electron chi connectivity index (χ1n) is 6.30. The molecule has 0 amide bonds. The van der Waals surface area contributed by atoms with Crippen molar-refractivity contribution >= 4 is 18.4 Å². The zero-order valence-electron chi connectivity index (χ0n) is 11.0. The van der Waals surface area contributed by atoms with Crippen LogP contribution >= 0.6 is 7.80 Å². The number of aromatic nitrogens is 1. The first-order chi connectivity index (χ1) is 9.88. The van der Waals surface area contributed by atoms with Gasteiger partial charge in [-0.25, -0.2) is 0 Å². The van der Waals surface area contributed by atoms with E-state index in [1.807, 2.05) is 78.9 Å². The summed E-state index contributed by atoms with van der Waals surface area (Å²) in [4.78, 5) is 3.78. The van der Waals surface area contributed by atoms with Crippen molar-refractivity contribution in [3.8, 4) is 0 Å². The fourth-order valence-corrected chi connectivity index (χ4v) is 2.77. The molecule has 0 unspecified atom stereocenters. The number of hydrogen-bond donors (Lipinski definition) is 0. The summed E-state index contributed by atoms with van der Waals surface area (Å²) in [7, 11) is -1.42. The average Bonchev–Trinajstić information content (AvgIpc) is 2.58. The van der Waals surface area contributed by atoms with Crippen molar-refractivity contribution in [3.05, 3.63) is 91.3 Å². The van der Waals surface area contributed by atoms with Gasteiger partial charge in [-0.05, 0) is 36.4 Å². The molecule has 2 nitrogen and oxygen atoms in total. The Kier molecular flexibility index (Phi) is 5.63. The molecule has 0 saturated carbocycles. The lowest BCUT2D eigenvalue weighted by atomic mass is 10.4. The lowest BCUT2D eigenvalue weighted by Gasteiger charge is -1.87. The molecule has 2 aromatic carbocycles. The fraction of sp³-hybridized carbons (Fsp3) is 0. The van der Waals surface area contributed by atoms with Crippen molar-refractivity contribution in [2.75, 3.05) is 0 Å². The summed E-state index contributed by atoms with van der Waals surface area (Å²) >= 11 is 0. The summed E-state index contributed by atoms with van der Waals surface area (Å²) in [6.45, 7) is 0. The van der Waals surface area contributed by atoms with Crippen LogP contribution in [0.2, 0.25) is 0 Å². The smallest absolute Gasteiger partial charge is 0.265 e. The topological polar surface area (TPSA) is 30.0 Å². The Morgan fingerprint density at radius 1 is 0.600 bits per heavy atom. The Morgan fingerprint density at radius 2 is 1.00 bits per heavy atom. The third kappa shape index (κ3) is 4.42. The lowest BCUT2D eigenvalue weighted by Crippen LogP contribution is -2.04. The Hall–Kier alpha value is -2.31. The molecule has 0 radical (unpaired) electrons. The van der Waals surface area contributed by atoms with Crippen LogP contribution in [0.4, 0.5) is 0 Å². The minimum absolute atomic E-state index is 0.883. The van der Waals surface area contributed by atoms with Crippen LogP contribution in [0.3, 0.4) is 0 Å². The maximum Gasteiger partial charge on any atom is 0.415 e. The Bertz CT molecular complexity index is 559. The molecule has 1 heterocycles. The molecule has 20 heavy (non-hydrogen) atoms. The van der Waals surface area contributed by atoms with E-state index in [-0.39, 0.29) is 0 Å². The molecule has 98 valence electrons. The van der Waals surface area contributed by atoms with Gasteiger partial charge in [0, 0.05) is 12.4 Å². The third-order valence-corrected chi connectivity index (χ3v) is 4.08. The standard InChI is InChI=1S/C12H10OP.C5H5N/c13-14(11-7-3-1-4-8-11)12-9-5-2-6-10-12;1-2-4-6-5-3-1/h1-10H;1-5H/q+1;. The van der Waals surface area contributed by atoms with Crippen molar-refractivity contribution < 1.29 is 4.57 Å². The maximum atomic E-state index is 12.0. The summed E-state index contributed by atoms with van der Waals surface area (Å²) in [5.74, 6) is 0. The number of nitrogens with zero attached hydrogens (tertiary/aromatic N) is 1. The van der Waals surface area contributed by atoms with Gasteiger partial charge in [0.1, 0.15) is 0 Å². The molecule has 0 aliphatic carbocycles. The van der Waals surface area contributed by atoms with Crippen molar-refractivity contribution in [2.45, 2.75) is 0 Å². The van der Waals surface area contributed by atoms with Gasteiger partial charge < -0.3 is 0 Å². The normalized spacial score (nSPS) is 9.20. The van der Waals surface area contributed by atoms with Crippen LogP contribution in [0.1, 0.15) is 0 Å². The maximum absolute atomic E-state index is 12.0. The van der Waals surface area contributed by atoms with E-state index in [1.165, 1.54) is 0 Å². The number of benzene rings is 2. The van der Waals surface area contributed by atoms with Gasteiger partial charge in [-0.2, -0.15) is 0 Å². The summed E-state index contributed by atoms with van der Waals surface area (Å²) in [6.07, 6.45) is 3.50. The van der Waals surface area contributed by atoms with E-state index in [4.69, 9.17) is 0 Å². The quantitative estimate of drug-likeness (QED) is 0.672. The molecular formula is C17H15NOP+. The molecule has 0 N–H and O–H groups in total. The lowest BCUT2D eigenvalue weighted by molar-refractivity contribution is 0.598. The minimum Gasteiger partial charge on any atom is -0.265 e. The average molecular weight is 280 g/mol. The molecule has 0 fully saturated rings. The second-order valence-corrected chi connectivity index (χ2v) is 5.61. The molecule has 0 atom stereocenters. The first kappa shape index (κ1) is 14.1. The third-order valence-electron chi connectivity index (χ3n) is 2.55. The molecule has 3 heteroatoms. The molecule has 0 aliphatic heterocycles. The minimum atomic E-state index is -1.42. The van der Waals surface area contributed by atoms with Gasteiger partial charge in [-0.1, -0.05) is 47.0 Å². The molecule has 3 aromatic rings. The Labute approximate surface area is 119 Å². The second-order valence-electron chi connectivity index (χ2n) is 3.99. The highest BCUT2D eigenvalue weighted by atomic mass is 31.1. The summed E-state index contributed by atoms with van der Waals surface area (Å²) < 4.78 is 12.0. The molecule has 0 aliphatic rings. The van der Waals surface area contributed by atoms with Crippen LogP contribution in [0, 0.1) is 0 Å². The zero-order chi connectivity index (χ0) is 14.0. The molecular weight excluding hydrogens is 265 g/mol. The van der Waals surface area contributed by atoms with Crippen LogP contribution in [-0.4, -0.2) is 4.98 Å². The molecule has 0 bridgehead atoms. The summed E-state index contributed by atoms with van der Waals surface area (Å²) in [5.41, 5.74) is 0. The van der Waals surface area contributed by atoms with E-state index in [0.29, 0.717) is 0 Å². The number of hydrogen-bond acceptors (Lipinski definition) is 2. The van der Waals surface area contributed by atoms with Crippen LogP contribution in [0.25, 0.3) is 0 Å². The summed E-state index contributed by atoms with van der Waals surface area (Å²) in [6, 6.07) is 24.8. The van der Waals surface area contributed by atoms with Gasteiger partial charge in [-0.3, -0.25) is 4.98 Å². The Balaban J connectivity index is 0.000000205. The van der Waals surface area contributed by atoms with Crippen molar-refractivity contribution in [1.29, 1.82) is 0 Å². The molecule has 0 spiro atoms. The summed E-state index contributed by atoms with van der Waals surface area (Å²) in [5, 5.41) is 1.77. The van der Waals surface area contributed by atoms with E-state index in [2.05, 4.69) is 4.98 Å². The van der Waals surface area contributed by atoms with Gasteiger partial charge in [-0.15, -0.1) is 0 Å². The van der Waals surface area contributed by atoms with Crippen LogP contribution in [0.5, 0.6) is 0 Å². The van der Waals surface area contributed by atoms with Gasteiger partial charge in [0.05, 0.1) is 0 Å². The number of rotatable bonds is 2. The molecule has 0 saturated heterocycles. The van der Waals surface area contributed by atoms with E-state index in [9.17, 15) is 4.57 Å². The largest absolute Gasteiger partial charge is 0.415 e. The van der Waals surface area contributed by atoms with E-state index in [1.54, 1.807) is 12.4 Å². The first-order valence-corrected chi connectivity index (χ1v) is 7.56. The predicted molar refractivity (Wildman–Crippen MR) is 84.0 cm³/mol. The molecule has 1 aromatic heterocycles. The van der Waals surface area contributed by atoms with Crippen LogP contribution < -0.4 is 10.6 Å². The second kappa shape index (κ2) is 7.98. The highest BCUT2D eigenvalue weighted by Gasteiger charge is 2.21. The highest BCUT2D eigenvalue weighted by molar-refractivity contribution is 7.61. The van der Waals surface area contributed by atoms with Gasteiger partial charge in [0.15, 0.2) is 10.6 Å². The van der Waals surface area contributed by atoms with E-state index in [0.717, 1.165) is 10.6 Å². The van der Waals surface area contributed by atoms with Gasteiger partial charge >= 0.3 is 7.80 Å². The van der Waals surface area contributed by atoms with Crippen LogP contribution in [0.15, 0.2) is 91.3 Å². The molecule has 3 rings (SSSR count). The van der Waals surface area contributed by atoms with E-state index < -0.39 is 7.80 Å². The zero-order valence-corrected chi connectivity index (χ0v) is 11.9. The van der Waals surface area contributed by atoms with Crippen molar-refractivity contribution in [1.82, 2.24) is 4.98 Å². The van der Waals surface area contributed by atoms with E-state index >= 15 is 0 Å². The van der Waals surface area contributed by atoms with Crippen LogP contribution in [-0.2, 0) is 4.57 Å². The van der Waals surface area contributed by atoms with Crippen molar-refractivity contribution in [3.63, 3.8) is 0 Å². The number of pyridine rings is 1. The monoisotopic (exact) mass is 280 g/mol. The van der Waals surface area contributed by atoms with Gasteiger partial charge in [0.2, 0.25) is 0 Å².